The standard InChI is InChI=1S/C15H16Cl2N4/c1-3-21-15-14(10(2)19-21)18-13(8-16)20(15)9-11-4-6-12(17)7-5-11/h4-7H,3,8-9H2,1-2H3. The molecule has 4 nitrogen and oxygen atoms in total. The van der Waals surface area contributed by atoms with Crippen LogP contribution in [0.1, 0.15) is 24.0 Å². The van der Waals surface area contributed by atoms with Gasteiger partial charge >= 0.3 is 0 Å². The minimum Gasteiger partial charge on any atom is -0.307 e. The van der Waals surface area contributed by atoms with Crippen molar-refractivity contribution in [3.8, 4) is 0 Å². The molecular weight excluding hydrogens is 307 g/mol. The van der Waals surface area contributed by atoms with Crippen LogP contribution in [-0.4, -0.2) is 19.3 Å². The van der Waals surface area contributed by atoms with E-state index in [-0.39, 0.29) is 0 Å². The summed E-state index contributed by atoms with van der Waals surface area (Å²) in [5, 5.41) is 5.27. The maximum absolute atomic E-state index is 6.07. The average molecular weight is 323 g/mol. The molecule has 0 spiro atoms. The van der Waals surface area contributed by atoms with Crippen LogP contribution >= 0.6 is 23.2 Å². The summed E-state index contributed by atoms with van der Waals surface area (Å²) in [6.45, 7) is 5.57. The van der Waals surface area contributed by atoms with Crippen LogP contribution in [-0.2, 0) is 19.0 Å². The summed E-state index contributed by atoms with van der Waals surface area (Å²) < 4.78 is 4.11. The minimum atomic E-state index is 0.380. The van der Waals surface area contributed by atoms with Crippen molar-refractivity contribution in [1.82, 2.24) is 19.3 Å². The number of rotatable bonds is 4. The summed E-state index contributed by atoms with van der Waals surface area (Å²) in [5.41, 5.74) is 4.06. The summed E-state index contributed by atoms with van der Waals surface area (Å²) in [5.74, 6) is 1.25. The van der Waals surface area contributed by atoms with E-state index in [9.17, 15) is 0 Å². The van der Waals surface area contributed by atoms with Crippen molar-refractivity contribution in [3.63, 3.8) is 0 Å². The number of hydrogen-bond donors (Lipinski definition) is 0. The van der Waals surface area contributed by atoms with Gasteiger partial charge in [0.1, 0.15) is 11.3 Å². The van der Waals surface area contributed by atoms with Crippen LogP contribution in [0.25, 0.3) is 11.2 Å². The Balaban J connectivity index is 2.13. The molecule has 0 atom stereocenters. The highest BCUT2D eigenvalue weighted by Crippen LogP contribution is 2.22. The van der Waals surface area contributed by atoms with Gasteiger partial charge in [0.2, 0.25) is 0 Å². The Hall–Kier alpha value is -1.52. The van der Waals surface area contributed by atoms with Gasteiger partial charge in [0.25, 0.3) is 0 Å². The van der Waals surface area contributed by atoms with Crippen LogP contribution in [0.2, 0.25) is 5.02 Å². The SMILES string of the molecule is CCn1nc(C)c2nc(CCl)n(Cc3ccc(Cl)cc3)c21. The van der Waals surface area contributed by atoms with Crippen LogP contribution in [0.15, 0.2) is 24.3 Å². The zero-order valence-corrected chi connectivity index (χ0v) is 13.5. The van der Waals surface area contributed by atoms with E-state index in [1.165, 1.54) is 0 Å². The van der Waals surface area contributed by atoms with Gasteiger partial charge in [-0.15, -0.1) is 11.6 Å². The minimum absolute atomic E-state index is 0.380. The molecule has 0 aliphatic carbocycles. The highest BCUT2D eigenvalue weighted by molar-refractivity contribution is 6.30. The molecule has 0 saturated carbocycles. The summed E-state index contributed by atoms with van der Waals surface area (Å²) in [4.78, 5) is 4.63. The maximum Gasteiger partial charge on any atom is 0.159 e. The van der Waals surface area contributed by atoms with E-state index >= 15 is 0 Å². The number of imidazole rings is 1. The third kappa shape index (κ3) is 2.54. The largest absolute Gasteiger partial charge is 0.307 e. The molecule has 0 N–H and O–H groups in total. The highest BCUT2D eigenvalue weighted by atomic mass is 35.5. The molecule has 0 unspecified atom stereocenters. The lowest BCUT2D eigenvalue weighted by Crippen LogP contribution is -2.09. The summed E-state index contributed by atoms with van der Waals surface area (Å²) >= 11 is 12.0. The van der Waals surface area contributed by atoms with E-state index in [0.717, 1.165) is 39.8 Å². The first kappa shape index (κ1) is 14.4. The Morgan fingerprint density at radius 2 is 1.90 bits per heavy atom. The third-order valence-electron chi connectivity index (χ3n) is 3.55. The number of aromatic nitrogens is 4. The van der Waals surface area contributed by atoms with Crippen LogP contribution in [0.5, 0.6) is 0 Å². The second-order valence-corrected chi connectivity index (χ2v) is 5.65. The fraction of sp³-hybridized carbons (Fsp3) is 0.333. The van der Waals surface area contributed by atoms with E-state index in [4.69, 9.17) is 23.2 Å². The monoisotopic (exact) mass is 322 g/mol. The fourth-order valence-corrected chi connectivity index (χ4v) is 2.86. The van der Waals surface area contributed by atoms with Crippen molar-refractivity contribution in [3.05, 3.63) is 46.4 Å². The molecular formula is C15H16Cl2N4. The van der Waals surface area contributed by atoms with E-state index in [0.29, 0.717) is 12.4 Å². The molecule has 0 aliphatic rings. The number of aryl methyl sites for hydroxylation is 2. The lowest BCUT2D eigenvalue weighted by atomic mass is 10.2. The predicted octanol–water partition coefficient (Wildman–Crippen LogP) is 4.00. The number of alkyl halides is 1. The molecule has 110 valence electrons. The number of nitrogens with zero attached hydrogens (tertiary/aromatic N) is 4. The molecule has 1 aromatic carbocycles. The van der Waals surface area contributed by atoms with Crippen molar-refractivity contribution in [2.24, 2.45) is 0 Å². The Kier molecular flexibility index (Phi) is 3.91. The van der Waals surface area contributed by atoms with E-state index in [1.54, 1.807) is 0 Å². The van der Waals surface area contributed by atoms with Gasteiger partial charge in [0, 0.05) is 11.6 Å². The Labute approximate surface area is 133 Å². The molecule has 0 amide bonds. The first-order valence-electron chi connectivity index (χ1n) is 6.87. The van der Waals surface area contributed by atoms with E-state index in [1.807, 2.05) is 35.9 Å². The van der Waals surface area contributed by atoms with E-state index < -0.39 is 0 Å². The number of fused-ring (bicyclic) bond motifs is 1. The smallest absolute Gasteiger partial charge is 0.159 e. The Bertz CT molecular complexity index is 771. The first-order valence-corrected chi connectivity index (χ1v) is 7.78. The topological polar surface area (TPSA) is 35.6 Å². The van der Waals surface area contributed by atoms with Gasteiger partial charge in [0.15, 0.2) is 5.65 Å². The summed E-state index contributed by atoms with van der Waals surface area (Å²) in [6, 6.07) is 7.83. The second-order valence-electron chi connectivity index (χ2n) is 4.95. The molecule has 0 bridgehead atoms. The molecule has 21 heavy (non-hydrogen) atoms. The van der Waals surface area contributed by atoms with Crippen LogP contribution in [0, 0.1) is 6.92 Å². The molecule has 2 aromatic heterocycles. The summed E-state index contributed by atoms with van der Waals surface area (Å²) in [6.07, 6.45) is 0. The average Bonchev–Trinajstić information content (AvgIpc) is 3.00. The van der Waals surface area contributed by atoms with Gasteiger partial charge < -0.3 is 4.57 Å². The fourth-order valence-electron chi connectivity index (χ4n) is 2.53. The van der Waals surface area contributed by atoms with Crippen molar-refractivity contribution >= 4 is 34.4 Å². The number of hydrogen-bond acceptors (Lipinski definition) is 2. The van der Waals surface area contributed by atoms with Gasteiger partial charge in [0.05, 0.1) is 18.1 Å². The predicted molar refractivity (Wildman–Crippen MR) is 86.0 cm³/mol. The number of halogens is 2. The lowest BCUT2D eigenvalue weighted by Gasteiger charge is -2.09. The molecule has 6 heteroatoms. The Morgan fingerprint density at radius 3 is 2.52 bits per heavy atom. The van der Waals surface area contributed by atoms with Crippen molar-refractivity contribution in [1.29, 1.82) is 0 Å². The normalized spacial score (nSPS) is 11.4. The van der Waals surface area contributed by atoms with Crippen molar-refractivity contribution < 1.29 is 0 Å². The van der Waals surface area contributed by atoms with E-state index in [2.05, 4.69) is 21.6 Å². The molecule has 2 heterocycles. The maximum atomic E-state index is 6.07. The zero-order chi connectivity index (χ0) is 15.0. The molecule has 0 fully saturated rings. The Morgan fingerprint density at radius 1 is 1.19 bits per heavy atom. The van der Waals surface area contributed by atoms with Gasteiger partial charge in [-0.1, -0.05) is 23.7 Å². The number of benzene rings is 1. The van der Waals surface area contributed by atoms with Crippen molar-refractivity contribution in [2.75, 3.05) is 0 Å². The molecule has 0 radical (unpaired) electrons. The van der Waals surface area contributed by atoms with Crippen molar-refractivity contribution in [2.45, 2.75) is 32.8 Å². The molecule has 0 saturated heterocycles. The molecule has 3 aromatic rings. The van der Waals surface area contributed by atoms with Crippen LogP contribution in [0.4, 0.5) is 0 Å². The van der Waals surface area contributed by atoms with Gasteiger partial charge in [-0.3, -0.25) is 0 Å². The van der Waals surface area contributed by atoms with Crippen LogP contribution < -0.4 is 0 Å². The molecule has 0 aliphatic heterocycles. The highest BCUT2D eigenvalue weighted by Gasteiger charge is 2.17. The summed E-state index contributed by atoms with van der Waals surface area (Å²) in [7, 11) is 0. The second kappa shape index (κ2) is 5.70. The van der Waals surface area contributed by atoms with Gasteiger partial charge in [-0.2, -0.15) is 5.10 Å². The van der Waals surface area contributed by atoms with Gasteiger partial charge in [-0.25, -0.2) is 9.67 Å². The third-order valence-corrected chi connectivity index (χ3v) is 4.04. The first-order chi connectivity index (χ1) is 10.1. The van der Waals surface area contributed by atoms with Crippen LogP contribution in [0.3, 0.4) is 0 Å². The quantitative estimate of drug-likeness (QED) is 0.680. The zero-order valence-electron chi connectivity index (χ0n) is 12.0. The molecule has 3 rings (SSSR count). The lowest BCUT2D eigenvalue weighted by molar-refractivity contribution is 0.639. The van der Waals surface area contributed by atoms with Gasteiger partial charge in [-0.05, 0) is 31.5 Å².